The first kappa shape index (κ1) is 9.93. The van der Waals surface area contributed by atoms with Crippen molar-refractivity contribution in [3.05, 3.63) is 33.9 Å². The number of rotatable bonds is 3. The zero-order chi connectivity index (χ0) is 10.7. The first-order valence-electron chi connectivity index (χ1n) is 3.54. The van der Waals surface area contributed by atoms with Crippen molar-refractivity contribution in [2.24, 2.45) is 5.84 Å². The quantitative estimate of drug-likeness (QED) is 0.370. The zero-order valence-corrected chi connectivity index (χ0v) is 6.93. The number of nitro groups is 1. The number of hydrogen-bond acceptors (Lipinski definition) is 5. The molecule has 0 spiro atoms. The standard InChI is InChI=1S/C7H7N3O4/c8-9-4-1-2-5(7(11)12)6(3-4)10(13)14/h1-3,9H,8H2,(H,11,12). The average Bonchev–Trinajstić information content (AvgIpc) is 2.16. The minimum absolute atomic E-state index is 0.279. The van der Waals surface area contributed by atoms with E-state index in [1.807, 2.05) is 0 Å². The molecular weight excluding hydrogens is 190 g/mol. The molecule has 1 aromatic rings. The third kappa shape index (κ3) is 1.77. The van der Waals surface area contributed by atoms with Crippen LogP contribution in [-0.4, -0.2) is 16.0 Å². The maximum atomic E-state index is 10.6. The van der Waals surface area contributed by atoms with Crippen LogP contribution in [0.2, 0.25) is 0 Å². The Labute approximate surface area is 78.3 Å². The Morgan fingerprint density at radius 1 is 1.57 bits per heavy atom. The summed E-state index contributed by atoms with van der Waals surface area (Å²) in [5, 5.41) is 19.1. The maximum absolute atomic E-state index is 10.6. The number of hydrogen-bond donors (Lipinski definition) is 3. The van der Waals surface area contributed by atoms with Crippen molar-refractivity contribution in [2.45, 2.75) is 0 Å². The van der Waals surface area contributed by atoms with Gasteiger partial charge in [0, 0.05) is 6.07 Å². The number of carboxylic acids is 1. The molecule has 0 aliphatic carbocycles. The van der Waals surface area contributed by atoms with E-state index in [0.717, 1.165) is 12.1 Å². The molecule has 0 atom stereocenters. The van der Waals surface area contributed by atoms with Gasteiger partial charge in [-0.2, -0.15) is 0 Å². The van der Waals surface area contributed by atoms with Crippen molar-refractivity contribution in [3.8, 4) is 0 Å². The van der Waals surface area contributed by atoms with Crippen molar-refractivity contribution < 1.29 is 14.8 Å². The van der Waals surface area contributed by atoms with E-state index in [2.05, 4.69) is 5.43 Å². The third-order valence-corrected chi connectivity index (χ3v) is 1.59. The lowest BCUT2D eigenvalue weighted by Gasteiger charge is -2.01. The predicted octanol–water partition coefficient (Wildman–Crippen LogP) is 0.579. The van der Waals surface area contributed by atoms with Gasteiger partial charge in [-0.1, -0.05) is 0 Å². The molecule has 0 unspecified atom stereocenters. The molecule has 0 bridgehead atoms. The number of nitrogens with one attached hydrogen (secondary N) is 1. The van der Waals surface area contributed by atoms with Crippen LogP contribution < -0.4 is 11.3 Å². The summed E-state index contributed by atoms with van der Waals surface area (Å²) in [4.78, 5) is 20.3. The molecule has 0 saturated heterocycles. The summed E-state index contributed by atoms with van der Waals surface area (Å²) in [6.45, 7) is 0. The summed E-state index contributed by atoms with van der Waals surface area (Å²) in [7, 11) is 0. The van der Waals surface area contributed by atoms with Crippen molar-refractivity contribution in [2.75, 3.05) is 5.43 Å². The second kappa shape index (κ2) is 3.71. The average molecular weight is 197 g/mol. The van der Waals surface area contributed by atoms with Gasteiger partial charge in [-0.25, -0.2) is 4.79 Å². The highest BCUT2D eigenvalue weighted by atomic mass is 16.6. The molecule has 14 heavy (non-hydrogen) atoms. The molecule has 1 aromatic carbocycles. The molecule has 0 aliphatic heterocycles. The lowest BCUT2D eigenvalue weighted by Crippen LogP contribution is -2.09. The Hall–Kier alpha value is -2.15. The first-order valence-corrected chi connectivity index (χ1v) is 3.54. The van der Waals surface area contributed by atoms with E-state index >= 15 is 0 Å². The molecule has 0 saturated carbocycles. The van der Waals surface area contributed by atoms with Gasteiger partial charge in [0.25, 0.3) is 5.69 Å². The lowest BCUT2D eigenvalue weighted by atomic mass is 10.1. The number of nitrogens with zero attached hydrogens (tertiary/aromatic N) is 1. The highest BCUT2D eigenvalue weighted by molar-refractivity contribution is 5.93. The third-order valence-electron chi connectivity index (χ3n) is 1.59. The van der Waals surface area contributed by atoms with E-state index in [1.165, 1.54) is 6.07 Å². The molecule has 7 heteroatoms. The fourth-order valence-corrected chi connectivity index (χ4v) is 0.953. The number of carboxylic acid groups (broad SMARTS) is 1. The molecule has 0 aromatic heterocycles. The molecule has 4 N–H and O–H groups in total. The Morgan fingerprint density at radius 2 is 2.21 bits per heavy atom. The molecule has 7 nitrogen and oxygen atoms in total. The molecular formula is C7H7N3O4. The van der Waals surface area contributed by atoms with Gasteiger partial charge in [0.2, 0.25) is 0 Å². The number of anilines is 1. The Morgan fingerprint density at radius 3 is 2.64 bits per heavy atom. The molecule has 0 heterocycles. The summed E-state index contributed by atoms with van der Waals surface area (Å²) < 4.78 is 0. The van der Waals surface area contributed by atoms with Crippen LogP contribution in [0.25, 0.3) is 0 Å². The fraction of sp³-hybridized carbons (Fsp3) is 0. The van der Waals surface area contributed by atoms with Gasteiger partial charge >= 0.3 is 5.97 Å². The van der Waals surface area contributed by atoms with Crippen LogP contribution in [0.3, 0.4) is 0 Å². The van der Waals surface area contributed by atoms with Crippen LogP contribution >= 0.6 is 0 Å². The van der Waals surface area contributed by atoms with Gasteiger partial charge in [0.1, 0.15) is 5.56 Å². The molecule has 74 valence electrons. The summed E-state index contributed by atoms with van der Waals surface area (Å²) in [6.07, 6.45) is 0. The minimum atomic E-state index is -1.35. The number of hydrazine groups is 1. The molecule has 0 fully saturated rings. The van der Waals surface area contributed by atoms with Crippen LogP contribution in [-0.2, 0) is 0 Å². The number of benzene rings is 1. The van der Waals surface area contributed by atoms with E-state index in [0.29, 0.717) is 0 Å². The summed E-state index contributed by atoms with van der Waals surface area (Å²) in [5.41, 5.74) is 1.61. The van der Waals surface area contributed by atoms with Gasteiger partial charge < -0.3 is 10.5 Å². The monoisotopic (exact) mass is 197 g/mol. The number of nitrogen functional groups attached to an aromatic ring is 1. The van der Waals surface area contributed by atoms with Crippen LogP contribution in [0, 0.1) is 10.1 Å². The molecule has 0 aliphatic rings. The van der Waals surface area contributed by atoms with Gasteiger partial charge in [-0.3, -0.25) is 16.0 Å². The van der Waals surface area contributed by atoms with Crippen molar-refractivity contribution in [1.82, 2.24) is 0 Å². The van der Waals surface area contributed by atoms with E-state index in [1.54, 1.807) is 0 Å². The number of nitrogens with two attached hydrogens (primary N) is 1. The van der Waals surface area contributed by atoms with Gasteiger partial charge in [0.15, 0.2) is 0 Å². The number of nitro benzene ring substituents is 1. The molecule has 1 rings (SSSR count). The lowest BCUT2D eigenvalue weighted by molar-refractivity contribution is -0.385. The SMILES string of the molecule is NNc1ccc(C(=O)O)c([N+](=O)[O-])c1. The van der Waals surface area contributed by atoms with Gasteiger partial charge in [0.05, 0.1) is 10.6 Å². The Balaban J connectivity index is 3.31. The highest BCUT2D eigenvalue weighted by Gasteiger charge is 2.19. The number of aromatic carboxylic acids is 1. The van der Waals surface area contributed by atoms with Crippen molar-refractivity contribution >= 4 is 17.3 Å². The zero-order valence-electron chi connectivity index (χ0n) is 6.93. The maximum Gasteiger partial charge on any atom is 0.342 e. The van der Waals surface area contributed by atoms with E-state index in [4.69, 9.17) is 10.9 Å². The summed E-state index contributed by atoms with van der Waals surface area (Å²) >= 11 is 0. The van der Waals surface area contributed by atoms with Crippen LogP contribution in [0.4, 0.5) is 11.4 Å². The van der Waals surface area contributed by atoms with Crippen molar-refractivity contribution in [1.29, 1.82) is 0 Å². The van der Waals surface area contributed by atoms with E-state index in [9.17, 15) is 14.9 Å². The van der Waals surface area contributed by atoms with Crippen LogP contribution in [0.5, 0.6) is 0 Å². The Bertz CT molecular complexity index is 391. The smallest absolute Gasteiger partial charge is 0.342 e. The topological polar surface area (TPSA) is 118 Å². The molecule has 0 radical (unpaired) electrons. The first-order chi connectivity index (χ1) is 6.56. The van der Waals surface area contributed by atoms with E-state index in [-0.39, 0.29) is 11.3 Å². The summed E-state index contributed by atoms with van der Waals surface area (Å²) in [6, 6.07) is 3.52. The second-order valence-corrected chi connectivity index (χ2v) is 2.44. The van der Waals surface area contributed by atoms with Gasteiger partial charge in [-0.05, 0) is 12.1 Å². The summed E-state index contributed by atoms with van der Waals surface area (Å²) in [5.74, 6) is 3.68. The highest BCUT2D eigenvalue weighted by Crippen LogP contribution is 2.22. The van der Waals surface area contributed by atoms with Crippen LogP contribution in [0.1, 0.15) is 10.4 Å². The molecule has 0 amide bonds. The minimum Gasteiger partial charge on any atom is -0.477 e. The fourth-order valence-electron chi connectivity index (χ4n) is 0.953. The van der Waals surface area contributed by atoms with Gasteiger partial charge in [-0.15, -0.1) is 0 Å². The Kier molecular flexibility index (Phi) is 2.63. The predicted molar refractivity (Wildman–Crippen MR) is 47.9 cm³/mol. The largest absolute Gasteiger partial charge is 0.477 e. The van der Waals surface area contributed by atoms with Crippen LogP contribution in [0.15, 0.2) is 18.2 Å². The van der Waals surface area contributed by atoms with Crippen molar-refractivity contribution in [3.63, 3.8) is 0 Å². The normalized spacial score (nSPS) is 9.50. The van der Waals surface area contributed by atoms with E-state index < -0.39 is 16.6 Å². The number of carbonyl (C=O) groups is 1. The second-order valence-electron chi connectivity index (χ2n) is 2.44.